The predicted octanol–water partition coefficient (Wildman–Crippen LogP) is 3.99. The van der Waals surface area contributed by atoms with Gasteiger partial charge in [-0.2, -0.15) is 4.98 Å². The van der Waals surface area contributed by atoms with Gasteiger partial charge in [0.15, 0.2) is 10.7 Å². The number of H-pyrrole nitrogens is 1. The molecular formula is C17H13ClN4OS. The minimum absolute atomic E-state index is 0.309. The number of rotatable bonds is 2. The van der Waals surface area contributed by atoms with Crippen LogP contribution in [0.3, 0.4) is 0 Å². The Bertz CT molecular complexity index is 1150. The van der Waals surface area contributed by atoms with Crippen LogP contribution in [0, 0.1) is 13.8 Å². The summed E-state index contributed by atoms with van der Waals surface area (Å²) in [5.41, 5.74) is 3.12. The van der Waals surface area contributed by atoms with E-state index in [9.17, 15) is 4.79 Å². The van der Waals surface area contributed by atoms with Crippen molar-refractivity contribution in [2.75, 3.05) is 0 Å². The number of benzene rings is 2. The lowest BCUT2D eigenvalue weighted by Crippen LogP contribution is -2.10. The van der Waals surface area contributed by atoms with Gasteiger partial charge >= 0.3 is 0 Å². The van der Waals surface area contributed by atoms with Crippen molar-refractivity contribution in [3.05, 3.63) is 62.9 Å². The molecule has 0 radical (unpaired) electrons. The third-order valence-corrected chi connectivity index (χ3v) is 5.29. The quantitative estimate of drug-likeness (QED) is 0.589. The zero-order valence-electron chi connectivity index (χ0n) is 13.0. The lowest BCUT2D eigenvalue weighted by atomic mass is 10.2. The highest BCUT2D eigenvalue weighted by molar-refractivity contribution is 7.99. The summed E-state index contributed by atoms with van der Waals surface area (Å²) >= 11 is 7.75. The van der Waals surface area contributed by atoms with Crippen molar-refractivity contribution in [1.82, 2.24) is 19.8 Å². The van der Waals surface area contributed by atoms with E-state index in [-0.39, 0.29) is 5.56 Å². The topological polar surface area (TPSA) is 63.1 Å². The molecule has 2 aromatic heterocycles. The van der Waals surface area contributed by atoms with Crippen LogP contribution in [0.5, 0.6) is 0 Å². The highest BCUT2D eigenvalue weighted by Gasteiger charge is 2.15. The van der Waals surface area contributed by atoms with Gasteiger partial charge in [-0.05, 0) is 37.6 Å². The van der Waals surface area contributed by atoms with Gasteiger partial charge in [0, 0.05) is 4.90 Å². The number of aromatic amines is 1. The van der Waals surface area contributed by atoms with Gasteiger partial charge in [-0.1, -0.05) is 47.1 Å². The highest BCUT2D eigenvalue weighted by atomic mass is 35.5. The van der Waals surface area contributed by atoms with E-state index in [1.807, 2.05) is 6.07 Å². The summed E-state index contributed by atoms with van der Waals surface area (Å²) in [4.78, 5) is 17.6. The SMILES string of the molecule is Cc1ccc(Sc2n[nH]n3c2nc(=O)c2cccc(Cl)c23)c(C)c1. The molecule has 0 saturated heterocycles. The first-order chi connectivity index (χ1) is 11.5. The van der Waals surface area contributed by atoms with Crippen molar-refractivity contribution < 1.29 is 0 Å². The number of nitrogens with one attached hydrogen (secondary N) is 1. The average molecular weight is 357 g/mol. The van der Waals surface area contributed by atoms with Gasteiger partial charge in [-0.15, -0.1) is 5.10 Å². The molecule has 2 heterocycles. The minimum atomic E-state index is -0.309. The number of fused-ring (bicyclic) bond motifs is 3. The van der Waals surface area contributed by atoms with Crippen LogP contribution in [0.15, 0.2) is 51.1 Å². The lowest BCUT2D eigenvalue weighted by Gasteiger charge is -2.05. The van der Waals surface area contributed by atoms with Crippen LogP contribution in [-0.4, -0.2) is 19.8 Å². The summed E-state index contributed by atoms with van der Waals surface area (Å²) in [6, 6.07) is 11.4. The van der Waals surface area contributed by atoms with Crippen LogP contribution in [0.25, 0.3) is 16.6 Å². The molecule has 0 saturated carbocycles. The van der Waals surface area contributed by atoms with Gasteiger partial charge in [0.25, 0.3) is 5.56 Å². The molecule has 7 heteroatoms. The number of hydrogen-bond acceptors (Lipinski definition) is 4. The fraction of sp³-hybridized carbons (Fsp3) is 0.118. The Kier molecular flexibility index (Phi) is 3.58. The van der Waals surface area contributed by atoms with Gasteiger partial charge in [0.1, 0.15) is 0 Å². The Morgan fingerprint density at radius 3 is 2.83 bits per heavy atom. The fourth-order valence-corrected chi connectivity index (χ4v) is 3.84. The van der Waals surface area contributed by atoms with E-state index in [2.05, 4.69) is 41.3 Å². The number of aryl methyl sites for hydroxylation is 2. The zero-order valence-corrected chi connectivity index (χ0v) is 14.6. The predicted molar refractivity (Wildman–Crippen MR) is 96.2 cm³/mol. The second-order valence-electron chi connectivity index (χ2n) is 5.60. The third-order valence-electron chi connectivity index (χ3n) is 3.84. The zero-order chi connectivity index (χ0) is 16.8. The largest absolute Gasteiger partial charge is 0.281 e. The molecule has 0 atom stereocenters. The van der Waals surface area contributed by atoms with Gasteiger partial charge in [-0.25, -0.2) is 9.73 Å². The molecule has 4 aromatic rings. The molecule has 0 spiro atoms. The molecule has 24 heavy (non-hydrogen) atoms. The Morgan fingerprint density at radius 1 is 1.21 bits per heavy atom. The number of hydrogen-bond donors (Lipinski definition) is 1. The molecule has 0 fully saturated rings. The van der Waals surface area contributed by atoms with Crippen LogP contribution >= 0.6 is 23.4 Å². The maximum Gasteiger partial charge on any atom is 0.281 e. The smallest absolute Gasteiger partial charge is 0.267 e. The molecular weight excluding hydrogens is 344 g/mol. The summed E-state index contributed by atoms with van der Waals surface area (Å²) in [5.74, 6) is 0. The van der Waals surface area contributed by atoms with Crippen molar-refractivity contribution in [2.24, 2.45) is 0 Å². The van der Waals surface area contributed by atoms with E-state index in [4.69, 9.17) is 11.6 Å². The maximum atomic E-state index is 12.3. The van der Waals surface area contributed by atoms with Crippen molar-refractivity contribution in [3.63, 3.8) is 0 Å². The summed E-state index contributed by atoms with van der Waals surface area (Å²) in [6.45, 7) is 4.11. The van der Waals surface area contributed by atoms with Crippen molar-refractivity contribution in [1.29, 1.82) is 0 Å². The van der Waals surface area contributed by atoms with Gasteiger partial charge < -0.3 is 0 Å². The van der Waals surface area contributed by atoms with Gasteiger partial charge in [0.2, 0.25) is 0 Å². The van der Waals surface area contributed by atoms with E-state index < -0.39 is 0 Å². The van der Waals surface area contributed by atoms with Crippen molar-refractivity contribution in [3.8, 4) is 0 Å². The summed E-state index contributed by atoms with van der Waals surface area (Å²) in [7, 11) is 0. The fourth-order valence-electron chi connectivity index (χ4n) is 2.70. The van der Waals surface area contributed by atoms with Gasteiger partial charge in [0.05, 0.1) is 15.9 Å². The van der Waals surface area contributed by atoms with Crippen LogP contribution < -0.4 is 5.56 Å². The molecule has 0 bridgehead atoms. The molecule has 5 nitrogen and oxygen atoms in total. The molecule has 0 aliphatic heterocycles. The maximum absolute atomic E-state index is 12.3. The standard InChI is InChI=1S/C17H13ClN4OS/c1-9-6-7-13(10(2)8-9)24-17-15-19-16(23)11-4-3-5-12(18)14(11)22(15)21-20-17/h3-8,21H,1-2H3. The van der Waals surface area contributed by atoms with Crippen molar-refractivity contribution in [2.45, 2.75) is 23.8 Å². The second kappa shape index (κ2) is 5.65. The van der Waals surface area contributed by atoms with Crippen LogP contribution in [0.2, 0.25) is 5.02 Å². The molecule has 120 valence electrons. The first-order valence-electron chi connectivity index (χ1n) is 7.35. The Morgan fingerprint density at radius 2 is 2.04 bits per heavy atom. The van der Waals surface area contributed by atoms with E-state index >= 15 is 0 Å². The summed E-state index contributed by atoms with van der Waals surface area (Å²) < 4.78 is 1.66. The number of nitrogens with zero attached hydrogens (tertiary/aromatic N) is 3. The number of para-hydroxylation sites is 1. The molecule has 4 rings (SSSR count). The van der Waals surface area contributed by atoms with Crippen LogP contribution in [-0.2, 0) is 0 Å². The number of halogens is 1. The molecule has 0 unspecified atom stereocenters. The van der Waals surface area contributed by atoms with Gasteiger partial charge in [-0.3, -0.25) is 4.79 Å². The molecule has 0 amide bonds. The first kappa shape index (κ1) is 15.2. The Hall–Kier alpha value is -2.31. The Balaban J connectivity index is 1.93. The van der Waals surface area contributed by atoms with E-state index in [0.29, 0.717) is 26.6 Å². The minimum Gasteiger partial charge on any atom is -0.267 e. The molecule has 2 aromatic carbocycles. The Labute approximate surface area is 146 Å². The summed E-state index contributed by atoms with van der Waals surface area (Å²) in [5, 5.41) is 8.82. The third kappa shape index (κ3) is 2.39. The second-order valence-corrected chi connectivity index (χ2v) is 7.04. The molecule has 1 N–H and O–H groups in total. The average Bonchev–Trinajstić information content (AvgIpc) is 2.93. The summed E-state index contributed by atoms with van der Waals surface area (Å²) in [6.07, 6.45) is 0. The normalized spacial score (nSPS) is 11.5. The molecule has 0 aliphatic carbocycles. The van der Waals surface area contributed by atoms with Crippen molar-refractivity contribution >= 4 is 39.9 Å². The first-order valence-corrected chi connectivity index (χ1v) is 8.54. The van der Waals surface area contributed by atoms with E-state index in [1.54, 1.807) is 22.7 Å². The molecule has 0 aliphatic rings. The lowest BCUT2D eigenvalue weighted by molar-refractivity contribution is 0.857. The van der Waals surface area contributed by atoms with E-state index in [1.165, 1.54) is 17.3 Å². The van der Waals surface area contributed by atoms with Crippen LogP contribution in [0.1, 0.15) is 11.1 Å². The van der Waals surface area contributed by atoms with E-state index in [0.717, 1.165) is 10.5 Å². The highest BCUT2D eigenvalue weighted by Crippen LogP contribution is 2.32. The van der Waals surface area contributed by atoms with Crippen LogP contribution in [0.4, 0.5) is 0 Å². The number of aromatic nitrogens is 4. The monoisotopic (exact) mass is 356 g/mol.